The van der Waals surface area contributed by atoms with E-state index in [0.717, 1.165) is 0 Å². The number of rotatable bonds is 2. The molecule has 1 fully saturated rings. The number of nitrogens with zero attached hydrogens (tertiary/aromatic N) is 1. The molecule has 1 heterocycles. The van der Waals surface area contributed by atoms with Gasteiger partial charge < -0.3 is 11.1 Å². The van der Waals surface area contributed by atoms with Crippen molar-refractivity contribution in [2.45, 2.75) is 25.2 Å². The van der Waals surface area contributed by atoms with Crippen molar-refractivity contribution in [2.24, 2.45) is 0 Å². The number of alkyl halides is 3. The van der Waals surface area contributed by atoms with E-state index in [2.05, 4.69) is 0 Å². The number of carbonyl (C=O) groups excluding carboxylic acids is 2. The van der Waals surface area contributed by atoms with Crippen molar-refractivity contribution >= 4 is 29.2 Å². The van der Waals surface area contributed by atoms with Crippen LogP contribution in [-0.2, 0) is 11.3 Å². The van der Waals surface area contributed by atoms with Gasteiger partial charge in [-0.15, -0.1) is 0 Å². The van der Waals surface area contributed by atoms with Gasteiger partial charge in [0.2, 0.25) is 5.54 Å². The Morgan fingerprint density at radius 2 is 2.00 bits per heavy atom. The molecule has 21 heavy (non-hydrogen) atoms. The lowest BCUT2D eigenvalue weighted by molar-refractivity contribution is -0.191. The Labute approximate surface area is 122 Å². The third-order valence-electron chi connectivity index (χ3n) is 3.28. The van der Waals surface area contributed by atoms with Crippen LogP contribution in [0.5, 0.6) is 0 Å². The third-order valence-corrected chi connectivity index (χ3v) is 3.51. The minimum absolute atomic E-state index is 0.184. The van der Waals surface area contributed by atoms with Crippen molar-refractivity contribution in [1.82, 2.24) is 10.2 Å². The summed E-state index contributed by atoms with van der Waals surface area (Å²) >= 11 is 5.71. The highest BCUT2D eigenvalue weighted by Gasteiger charge is 2.64. The predicted octanol–water partition coefficient (Wildman–Crippen LogP) is 2.29. The number of halogens is 4. The maximum atomic E-state index is 12.9. The highest BCUT2D eigenvalue weighted by molar-refractivity contribution is 6.30. The lowest BCUT2D eigenvalue weighted by atomic mass is 10.0. The summed E-state index contributed by atoms with van der Waals surface area (Å²) in [5.41, 5.74) is 3.25. The molecule has 0 aromatic heterocycles. The Morgan fingerprint density at radius 1 is 1.38 bits per heavy atom. The van der Waals surface area contributed by atoms with E-state index >= 15 is 0 Å². The molecule has 1 atom stereocenters. The van der Waals surface area contributed by atoms with Gasteiger partial charge in [0.05, 0.1) is 6.54 Å². The second-order valence-electron chi connectivity index (χ2n) is 4.79. The van der Waals surface area contributed by atoms with Gasteiger partial charge in [-0.3, -0.25) is 9.69 Å². The molecule has 2 rings (SSSR count). The van der Waals surface area contributed by atoms with Gasteiger partial charge >= 0.3 is 12.2 Å². The highest BCUT2D eigenvalue weighted by Crippen LogP contribution is 2.36. The minimum Gasteiger partial charge on any atom is -0.398 e. The lowest BCUT2D eigenvalue weighted by Gasteiger charge is -2.24. The van der Waals surface area contributed by atoms with E-state index < -0.39 is 23.7 Å². The van der Waals surface area contributed by atoms with Crippen molar-refractivity contribution in [3.05, 3.63) is 28.8 Å². The maximum Gasteiger partial charge on any atom is 0.420 e. The van der Waals surface area contributed by atoms with E-state index in [1.54, 1.807) is 5.32 Å². The standard InChI is InChI=1S/C12H11ClF3N3O2/c1-11(12(14,15)16)9(20)19(10(21)18-11)5-6-2-3-7(13)4-8(6)17/h2-4H,5,17H2,1H3,(H,18,21). The zero-order chi connectivity index (χ0) is 16.0. The molecule has 9 heteroatoms. The molecule has 5 nitrogen and oxygen atoms in total. The molecule has 0 spiro atoms. The summed E-state index contributed by atoms with van der Waals surface area (Å²) in [6.45, 7) is 0.262. The van der Waals surface area contributed by atoms with Gasteiger partial charge in [-0.2, -0.15) is 13.2 Å². The maximum absolute atomic E-state index is 12.9. The molecule has 1 aromatic rings. The first-order valence-corrected chi connectivity index (χ1v) is 6.19. The van der Waals surface area contributed by atoms with Gasteiger partial charge in [0.15, 0.2) is 0 Å². The molecule has 0 aliphatic carbocycles. The number of anilines is 1. The number of carbonyl (C=O) groups is 2. The van der Waals surface area contributed by atoms with Crippen LogP contribution < -0.4 is 11.1 Å². The van der Waals surface area contributed by atoms with Crippen molar-refractivity contribution in [3.8, 4) is 0 Å². The molecule has 1 unspecified atom stereocenters. The SMILES string of the molecule is CC1(C(F)(F)F)NC(=O)N(Cc2ccc(Cl)cc2N)C1=O. The van der Waals surface area contributed by atoms with Crippen LogP contribution in [0.4, 0.5) is 23.7 Å². The van der Waals surface area contributed by atoms with Crippen LogP contribution in [0, 0.1) is 0 Å². The second-order valence-corrected chi connectivity index (χ2v) is 5.22. The van der Waals surface area contributed by atoms with Crippen LogP contribution in [0.25, 0.3) is 0 Å². The van der Waals surface area contributed by atoms with Gasteiger partial charge in [-0.05, 0) is 24.6 Å². The Bertz CT molecular complexity index is 620. The van der Waals surface area contributed by atoms with E-state index in [4.69, 9.17) is 17.3 Å². The summed E-state index contributed by atoms with van der Waals surface area (Å²) in [5.74, 6) is -1.37. The molecule has 3 N–H and O–H groups in total. The van der Waals surface area contributed by atoms with E-state index in [-0.39, 0.29) is 12.2 Å². The molecule has 0 saturated carbocycles. The molecule has 0 bridgehead atoms. The average Bonchev–Trinajstić information content (AvgIpc) is 2.56. The molecule has 114 valence electrons. The number of hydrogen-bond acceptors (Lipinski definition) is 3. The monoisotopic (exact) mass is 321 g/mol. The van der Waals surface area contributed by atoms with Gasteiger partial charge in [0.1, 0.15) is 0 Å². The Balaban J connectivity index is 2.30. The summed E-state index contributed by atoms with van der Waals surface area (Å²) in [5, 5.41) is 2.01. The van der Waals surface area contributed by atoms with Crippen molar-refractivity contribution in [2.75, 3.05) is 5.73 Å². The van der Waals surface area contributed by atoms with Crippen LogP contribution in [0.2, 0.25) is 5.02 Å². The second kappa shape index (κ2) is 4.80. The number of urea groups is 1. The molecule has 0 radical (unpaired) electrons. The first-order valence-electron chi connectivity index (χ1n) is 5.81. The number of hydrogen-bond donors (Lipinski definition) is 2. The zero-order valence-corrected chi connectivity index (χ0v) is 11.5. The lowest BCUT2D eigenvalue weighted by Crippen LogP contribution is -2.56. The smallest absolute Gasteiger partial charge is 0.398 e. The van der Waals surface area contributed by atoms with E-state index in [1.807, 2.05) is 0 Å². The van der Waals surface area contributed by atoms with Gasteiger partial charge in [0.25, 0.3) is 5.91 Å². The van der Waals surface area contributed by atoms with Crippen molar-refractivity contribution < 1.29 is 22.8 Å². The van der Waals surface area contributed by atoms with Gasteiger partial charge in [-0.1, -0.05) is 17.7 Å². The molecule has 1 aliphatic rings. The van der Waals surface area contributed by atoms with E-state index in [0.29, 0.717) is 22.4 Å². The summed E-state index contributed by atoms with van der Waals surface area (Å²) < 4.78 is 38.7. The largest absolute Gasteiger partial charge is 0.420 e. The van der Waals surface area contributed by atoms with Gasteiger partial charge in [0, 0.05) is 10.7 Å². The van der Waals surface area contributed by atoms with Crippen LogP contribution in [0.1, 0.15) is 12.5 Å². The van der Waals surface area contributed by atoms with Gasteiger partial charge in [-0.25, -0.2) is 4.79 Å². The fourth-order valence-electron chi connectivity index (χ4n) is 1.91. The number of benzene rings is 1. The topological polar surface area (TPSA) is 75.4 Å². The predicted molar refractivity (Wildman–Crippen MR) is 69.4 cm³/mol. The van der Waals surface area contributed by atoms with Crippen LogP contribution in [-0.4, -0.2) is 28.6 Å². The van der Waals surface area contributed by atoms with Crippen molar-refractivity contribution in [1.29, 1.82) is 0 Å². The summed E-state index contributed by atoms with van der Waals surface area (Å²) in [7, 11) is 0. The fraction of sp³-hybridized carbons (Fsp3) is 0.333. The number of nitrogens with one attached hydrogen (secondary N) is 1. The van der Waals surface area contributed by atoms with E-state index in [9.17, 15) is 22.8 Å². The first-order chi connectivity index (χ1) is 9.56. The molecule has 3 amide bonds. The fourth-order valence-corrected chi connectivity index (χ4v) is 2.09. The Kier molecular flexibility index (Phi) is 3.53. The summed E-state index contributed by atoms with van der Waals surface area (Å²) in [6, 6.07) is 3.18. The van der Waals surface area contributed by atoms with Crippen molar-refractivity contribution in [3.63, 3.8) is 0 Å². The molecule has 1 saturated heterocycles. The highest BCUT2D eigenvalue weighted by atomic mass is 35.5. The molecule has 1 aromatic carbocycles. The minimum atomic E-state index is -4.89. The van der Waals surface area contributed by atoms with Crippen LogP contribution >= 0.6 is 11.6 Å². The normalized spacial score (nSPS) is 22.6. The Hall–Kier alpha value is -1.96. The quantitative estimate of drug-likeness (QED) is 0.648. The van der Waals surface area contributed by atoms with Crippen LogP contribution in [0.3, 0.4) is 0 Å². The molecular formula is C12H11ClF3N3O2. The number of nitrogens with two attached hydrogens (primary N) is 1. The zero-order valence-electron chi connectivity index (χ0n) is 10.8. The number of imide groups is 1. The number of amides is 3. The summed E-state index contributed by atoms with van der Waals surface area (Å²) in [6.07, 6.45) is -4.89. The summed E-state index contributed by atoms with van der Waals surface area (Å²) in [4.78, 5) is 24.1. The molecular weight excluding hydrogens is 311 g/mol. The number of nitrogen functional groups attached to an aromatic ring is 1. The van der Waals surface area contributed by atoms with Crippen LogP contribution in [0.15, 0.2) is 18.2 Å². The molecule has 1 aliphatic heterocycles. The Morgan fingerprint density at radius 3 is 2.48 bits per heavy atom. The van der Waals surface area contributed by atoms with E-state index in [1.165, 1.54) is 18.2 Å². The average molecular weight is 322 g/mol. The first kappa shape index (κ1) is 15.4. The third kappa shape index (κ3) is 2.51.